The predicted octanol–water partition coefficient (Wildman–Crippen LogP) is 3.45. The van der Waals surface area contributed by atoms with Crippen molar-refractivity contribution < 1.29 is 21.6 Å². The average Bonchev–Trinajstić information content (AvgIpc) is 3.12. The number of carbonyl (C=O) groups is 1. The molecule has 4 rings (SSSR count). The molecule has 2 fully saturated rings. The molecule has 2 aromatic carbocycles. The molecule has 0 unspecified atom stereocenters. The van der Waals surface area contributed by atoms with Gasteiger partial charge in [-0.3, -0.25) is 9.52 Å². The number of carbonyl (C=O) groups excluding carboxylic acids is 1. The van der Waals surface area contributed by atoms with Crippen LogP contribution in [-0.2, 0) is 19.9 Å². The molecule has 1 aliphatic heterocycles. The first-order valence-corrected chi connectivity index (χ1v) is 14.3. The maximum Gasteiger partial charge on any atom is 0.261 e. The highest BCUT2D eigenvalue weighted by Crippen LogP contribution is 2.33. The fourth-order valence-electron chi connectivity index (χ4n) is 4.44. The number of hydrogen-bond donors (Lipinski definition) is 2. The van der Waals surface area contributed by atoms with Gasteiger partial charge in [0.1, 0.15) is 0 Å². The van der Waals surface area contributed by atoms with Crippen LogP contribution < -0.4 is 10.0 Å². The number of rotatable bonds is 6. The summed E-state index contributed by atoms with van der Waals surface area (Å²) in [6.45, 7) is 0. The van der Waals surface area contributed by atoms with Gasteiger partial charge in [-0.1, -0.05) is 31.4 Å². The van der Waals surface area contributed by atoms with E-state index in [9.17, 15) is 21.6 Å². The van der Waals surface area contributed by atoms with Gasteiger partial charge in [-0.05, 0) is 67.1 Å². The Kier molecular flexibility index (Phi) is 6.57. The molecule has 32 heavy (non-hydrogen) atoms. The van der Waals surface area contributed by atoms with Crippen LogP contribution in [0.5, 0.6) is 0 Å². The van der Waals surface area contributed by atoms with Gasteiger partial charge in [0.25, 0.3) is 15.9 Å². The molecular weight excluding hydrogens is 448 g/mol. The monoisotopic (exact) mass is 476 g/mol. The first-order chi connectivity index (χ1) is 15.2. The molecular formula is C23H28N2O5S2. The first-order valence-electron chi connectivity index (χ1n) is 11.0. The van der Waals surface area contributed by atoms with E-state index in [1.807, 2.05) is 12.1 Å². The lowest BCUT2D eigenvalue weighted by atomic mass is 9.84. The topological polar surface area (TPSA) is 109 Å². The zero-order valence-corrected chi connectivity index (χ0v) is 19.4. The van der Waals surface area contributed by atoms with Crippen LogP contribution in [0.1, 0.15) is 60.4 Å². The zero-order valence-electron chi connectivity index (χ0n) is 17.8. The smallest absolute Gasteiger partial charge is 0.261 e. The molecule has 1 heterocycles. The highest BCUT2D eigenvalue weighted by molar-refractivity contribution is 7.92. The fourth-order valence-corrected chi connectivity index (χ4v) is 7.17. The molecule has 0 aromatic heterocycles. The maximum absolute atomic E-state index is 12.8. The molecule has 1 amide bonds. The summed E-state index contributed by atoms with van der Waals surface area (Å²) in [6.07, 6.45) is 6.43. The summed E-state index contributed by atoms with van der Waals surface area (Å²) in [5.41, 5.74) is 1.88. The molecule has 1 saturated heterocycles. The van der Waals surface area contributed by atoms with Gasteiger partial charge in [0.2, 0.25) is 0 Å². The average molecular weight is 477 g/mol. The number of benzene rings is 2. The fraction of sp³-hybridized carbons (Fsp3) is 0.435. The Hall–Kier alpha value is -2.39. The molecule has 9 heteroatoms. The summed E-state index contributed by atoms with van der Waals surface area (Å²) in [6, 6.07) is 12.8. The lowest BCUT2D eigenvalue weighted by Crippen LogP contribution is -2.35. The molecule has 0 bridgehead atoms. The van der Waals surface area contributed by atoms with E-state index in [2.05, 4.69) is 10.0 Å². The van der Waals surface area contributed by atoms with Crippen LogP contribution in [-0.4, -0.2) is 40.3 Å². The van der Waals surface area contributed by atoms with E-state index in [-0.39, 0.29) is 28.4 Å². The summed E-state index contributed by atoms with van der Waals surface area (Å²) in [4.78, 5) is 12.5. The third-order valence-electron chi connectivity index (χ3n) is 6.23. The van der Waals surface area contributed by atoms with Gasteiger partial charge in [0, 0.05) is 17.3 Å². The molecule has 2 aromatic rings. The van der Waals surface area contributed by atoms with E-state index in [1.165, 1.54) is 49.1 Å². The van der Waals surface area contributed by atoms with Crippen molar-refractivity contribution in [1.29, 1.82) is 0 Å². The Bertz CT molecular complexity index is 1170. The van der Waals surface area contributed by atoms with Gasteiger partial charge in [-0.2, -0.15) is 0 Å². The van der Waals surface area contributed by atoms with Gasteiger partial charge in [-0.15, -0.1) is 0 Å². The Morgan fingerprint density at radius 1 is 0.875 bits per heavy atom. The van der Waals surface area contributed by atoms with Crippen molar-refractivity contribution in [3.05, 3.63) is 59.7 Å². The van der Waals surface area contributed by atoms with Crippen LogP contribution in [0.3, 0.4) is 0 Å². The number of nitrogens with one attached hydrogen (secondary N) is 2. The number of sulfone groups is 1. The molecule has 2 aliphatic rings. The van der Waals surface area contributed by atoms with Crippen molar-refractivity contribution in [3.63, 3.8) is 0 Å². The number of sulfonamides is 1. The van der Waals surface area contributed by atoms with Gasteiger partial charge in [0.05, 0.1) is 16.4 Å². The molecule has 7 nitrogen and oxygen atoms in total. The summed E-state index contributed by atoms with van der Waals surface area (Å²) >= 11 is 0. The van der Waals surface area contributed by atoms with E-state index in [0.717, 1.165) is 12.8 Å². The van der Waals surface area contributed by atoms with Gasteiger partial charge in [-0.25, -0.2) is 16.8 Å². The Labute approximate surface area is 189 Å². The summed E-state index contributed by atoms with van der Waals surface area (Å²) in [5, 5.41) is 2.72. The Balaban J connectivity index is 1.38. The van der Waals surface area contributed by atoms with Crippen molar-refractivity contribution in [2.24, 2.45) is 0 Å². The zero-order chi connectivity index (χ0) is 22.8. The molecule has 0 radical (unpaired) electrons. The second kappa shape index (κ2) is 9.23. The minimum atomic E-state index is -3.74. The highest BCUT2D eigenvalue weighted by atomic mass is 32.2. The summed E-state index contributed by atoms with van der Waals surface area (Å²) < 4.78 is 51.1. The van der Waals surface area contributed by atoms with Gasteiger partial charge < -0.3 is 5.32 Å². The van der Waals surface area contributed by atoms with Crippen LogP contribution in [0.25, 0.3) is 0 Å². The first kappa shape index (κ1) is 22.8. The SMILES string of the molecule is O=C(N[C@@H]1CCS(=O)(=O)C1)c1ccc(NS(=O)(=O)c2ccc(C3CCCCC3)cc2)cc1. The standard InChI is InChI=1S/C23H28N2O5S2/c26-23(24-21-14-15-31(27,28)16-21)19-6-10-20(11-7-19)25-32(29,30)22-12-8-18(9-13-22)17-4-2-1-3-5-17/h6-13,17,21,25H,1-5,14-16H2,(H,24,26)/t21-/m1/s1. The van der Waals surface area contributed by atoms with Crippen LogP contribution in [0, 0.1) is 0 Å². The Morgan fingerprint density at radius 2 is 1.53 bits per heavy atom. The second-order valence-corrected chi connectivity index (χ2v) is 12.6. The van der Waals surface area contributed by atoms with Crippen LogP contribution in [0.15, 0.2) is 53.4 Å². The molecule has 172 valence electrons. The van der Waals surface area contributed by atoms with E-state index >= 15 is 0 Å². The minimum absolute atomic E-state index is 0.0455. The van der Waals surface area contributed by atoms with Gasteiger partial charge in [0.15, 0.2) is 9.84 Å². The van der Waals surface area contributed by atoms with Crippen molar-refractivity contribution in [1.82, 2.24) is 5.32 Å². The van der Waals surface area contributed by atoms with Crippen molar-refractivity contribution in [2.45, 2.75) is 55.4 Å². The lowest BCUT2D eigenvalue weighted by molar-refractivity contribution is 0.0941. The summed E-state index contributed by atoms with van der Waals surface area (Å²) in [5.74, 6) is 0.174. The molecule has 1 saturated carbocycles. The number of anilines is 1. The molecule has 1 aliphatic carbocycles. The summed E-state index contributed by atoms with van der Waals surface area (Å²) in [7, 11) is -6.82. The van der Waals surface area contributed by atoms with E-state index in [4.69, 9.17) is 0 Å². The van der Waals surface area contributed by atoms with E-state index in [1.54, 1.807) is 12.1 Å². The van der Waals surface area contributed by atoms with Crippen LogP contribution >= 0.6 is 0 Å². The predicted molar refractivity (Wildman–Crippen MR) is 124 cm³/mol. The van der Waals surface area contributed by atoms with Crippen LogP contribution in [0.4, 0.5) is 5.69 Å². The Morgan fingerprint density at radius 3 is 2.12 bits per heavy atom. The molecule has 0 spiro atoms. The third-order valence-corrected chi connectivity index (χ3v) is 9.40. The molecule has 1 atom stereocenters. The quantitative estimate of drug-likeness (QED) is 0.664. The molecule has 2 N–H and O–H groups in total. The lowest BCUT2D eigenvalue weighted by Gasteiger charge is -2.22. The van der Waals surface area contributed by atoms with Crippen molar-refractivity contribution in [2.75, 3.05) is 16.2 Å². The van der Waals surface area contributed by atoms with Crippen LogP contribution in [0.2, 0.25) is 0 Å². The van der Waals surface area contributed by atoms with E-state index < -0.39 is 19.9 Å². The number of amides is 1. The van der Waals surface area contributed by atoms with Gasteiger partial charge >= 0.3 is 0 Å². The number of hydrogen-bond acceptors (Lipinski definition) is 5. The highest BCUT2D eigenvalue weighted by Gasteiger charge is 2.29. The normalized spacial score (nSPS) is 21.2. The largest absolute Gasteiger partial charge is 0.348 e. The second-order valence-electron chi connectivity index (χ2n) is 8.66. The van der Waals surface area contributed by atoms with E-state index in [0.29, 0.717) is 23.6 Å². The third kappa shape index (κ3) is 5.50. The van der Waals surface area contributed by atoms with Crippen molar-refractivity contribution in [3.8, 4) is 0 Å². The maximum atomic E-state index is 12.8. The minimum Gasteiger partial charge on any atom is -0.348 e. The van der Waals surface area contributed by atoms with Crippen molar-refractivity contribution >= 4 is 31.5 Å².